The Morgan fingerprint density at radius 3 is 2.60 bits per heavy atom. The van der Waals surface area contributed by atoms with Crippen molar-refractivity contribution in [1.29, 1.82) is 0 Å². The number of thioether (sulfide) groups is 1. The van der Waals surface area contributed by atoms with Crippen LogP contribution in [0.5, 0.6) is 0 Å². The lowest BCUT2D eigenvalue weighted by Gasteiger charge is -2.06. The lowest BCUT2D eigenvalue weighted by Crippen LogP contribution is -2.17. The van der Waals surface area contributed by atoms with Crippen LogP contribution in [0.4, 0.5) is 13.2 Å². The van der Waals surface area contributed by atoms with E-state index in [-0.39, 0.29) is 17.9 Å². The summed E-state index contributed by atoms with van der Waals surface area (Å²) in [5.41, 5.74) is 3.01. The number of amides is 1. The predicted octanol–water partition coefficient (Wildman–Crippen LogP) is 4.65. The second-order valence-corrected chi connectivity index (χ2v) is 6.50. The van der Waals surface area contributed by atoms with Gasteiger partial charge >= 0.3 is 6.18 Å². The molecule has 0 spiro atoms. The molecule has 3 nitrogen and oxygen atoms in total. The van der Waals surface area contributed by atoms with Crippen molar-refractivity contribution in [3.05, 3.63) is 65.2 Å². The minimum absolute atomic E-state index is 0.262. The van der Waals surface area contributed by atoms with E-state index in [2.05, 4.69) is 10.5 Å². The van der Waals surface area contributed by atoms with E-state index in [0.717, 1.165) is 17.0 Å². The molecule has 0 saturated carbocycles. The van der Waals surface area contributed by atoms with E-state index in [9.17, 15) is 18.0 Å². The monoisotopic (exact) mass is 366 g/mol. The van der Waals surface area contributed by atoms with Crippen molar-refractivity contribution in [2.45, 2.75) is 24.4 Å². The Labute approximate surface area is 148 Å². The van der Waals surface area contributed by atoms with E-state index in [1.807, 2.05) is 31.2 Å². The number of halogens is 3. The van der Waals surface area contributed by atoms with Gasteiger partial charge in [0.05, 0.1) is 11.8 Å². The lowest BCUT2D eigenvalue weighted by molar-refractivity contribution is -0.137. The van der Waals surface area contributed by atoms with Crippen LogP contribution in [0.25, 0.3) is 0 Å². The maximum absolute atomic E-state index is 12.6. The summed E-state index contributed by atoms with van der Waals surface area (Å²) in [6, 6.07) is 12.7. The Kier molecular flexibility index (Phi) is 6.64. The lowest BCUT2D eigenvalue weighted by atomic mass is 10.1. The van der Waals surface area contributed by atoms with Crippen molar-refractivity contribution in [2.75, 3.05) is 5.75 Å². The molecule has 25 heavy (non-hydrogen) atoms. The van der Waals surface area contributed by atoms with E-state index in [4.69, 9.17) is 0 Å². The van der Waals surface area contributed by atoms with E-state index < -0.39 is 11.7 Å². The predicted molar refractivity (Wildman–Crippen MR) is 93.7 cm³/mol. The van der Waals surface area contributed by atoms with Crippen molar-refractivity contribution in [3.8, 4) is 0 Å². The van der Waals surface area contributed by atoms with Gasteiger partial charge in [-0.3, -0.25) is 4.79 Å². The molecule has 1 amide bonds. The average molecular weight is 366 g/mol. The van der Waals surface area contributed by atoms with Gasteiger partial charge in [0.1, 0.15) is 0 Å². The second-order valence-electron chi connectivity index (χ2n) is 5.33. The molecule has 2 aromatic rings. The van der Waals surface area contributed by atoms with Crippen LogP contribution in [0.3, 0.4) is 0 Å². The van der Waals surface area contributed by atoms with Crippen LogP contribution in [0, 0.1) is 6.92 Å². The fourth-order valence-corrected chi connectivity index (χ4v) is 2.78. The van der Waals surface area contributed by atoms with Gasteiger partial charge in [-0.05, 0) is 36.8 Å². The molecular formula is C18H17F3N2OS. The fourth-order valence-electron chi connectivity index (χ4n) is 1.93. The smallest absolute Gasteiger partial charge is 0.273 e. The molecular weight excluding hydrogens is 349 g/mol. The third-order valence-corrected chi connectivity index (χ3v) is 4.25. The SMILES string of the molecule is Cc1ccc(SCCC(=O)NN=Cc2cccc(C(F)(F)F)c2)cc1. The standard InChI is InChI=1S/C18H17F3N2OS/c1-13-5-7-16(8-6-13)25-10-9-17(24)23-22-12-14-3-2-4-15(11-14)18(19,20)21/h2-8,11-12H,9-10H2,1H3,(H,23,24). The summed E-state index contributed by atoms with van der Waals surface area (Å²) in [4.78, 5) is 12.8. The van der Waals surface area contributed by atoms with Gasteiger partial charge in [0.2, 0.25) is 5.91 Å². The van der Waals surface area contributed by atoms with Crippen LogP contribution in [0.15, 0.2) is 58.5 Å². The van der Waals surface area contributed by atoms with Crippen LogP contribution in [0.2, 0.25) is 0 Å². The van der Waals surface area contributed by atoms with Gasteiger partial charge in [-0.15, -0.1) is 11.8 Å². The Morgan fingerprint density at radius 2 is 1.92 bits per heavy atom. The highest BCUT2D eigenvalue weighted by molar-refractivity contribution is 7.99. The van der Waals surface area contributed by atoms with E-state index in [0.29, 0.717) is 5.75 Å². The second kappa shape index (κ2) is 8.71. The van der Waals surface area contributed by atoms with Gasteiger partial charge in [-0.25, -0.2) is 5.43 Å². The van der Waals surface area contributed by atoms with Gasteiger partial charge in [-0.1, -0.05) is 29.8 Å². The summed E-state index contributed by atoms with van der Waals surface area (Å²) < 4.78 is 37.8. The average Bonchev–Trinajstić information content (AvgIpc) is 2.56. The summed E-state index contributed by atoms with van der Waals surface area (Å²) in [6.45, 7) is 2.00. The van der Waals surface area contributed by atoms with Crippen LogP contribution < -0.4 is 5.43 Å². The summed E-state index contributed by atoms with van der Waals surface area (Å²) in [6.07, 6.45) is -2.95. The van der Waals surface area contributed by atoms with Crippen LogP contribution in [0.1, 0.15) is 23.1 Å². The molecule has 1 N–H and O–H groups in total. The number of rotatable bonds is 6. The topological polar surface area (TPSA) is 41.5 Å². The molecule has 0 radical (unpaired) electrons. The Bertz CT molecular complexity index is 743. The van der Waals surface area contributed by atoms with Crippen molar-refractivity contribution >= 4 is 23.9 Å². The Balaban J connectivity index is 1.77. The van der Waals surface area contributed by atoms with Crippen molar-refractivity contribution < 1.29 is 18.0 Å². The minimum atomic E-state index is -4.40. The first-order valence-electron chi connectivity index (χ1n) is 7.53. The maximum Gasteiger partial charge on any atom is 0.416 e. The van der Waals surface area contributed by atoms with E-state index in [1.54, 1.807) is 11.8 Å². The van der Waals surface area contributed by atoms with Gasteiger partial charge in [0, 0.05) is 17.1 Å². The molecule has 0 aliphatic carbocycles. The number of aryl methyl sites for hydroxylation is 1. The molecule has 0 aromatic heterocycles. The number of hydrazone groups is 1. The first-order chi connectivity index (χ1) is 11.8. The molecule has 0 bridgehead atoms. The number of alkyl halides is 3. The highest BCUT2D eigenvalue weighted by Crippen LogP contribution is 2.29. The van der Waals surface area contributed by atoms with Crippen LogP contribution in [-0.4, -0.2) is 17.9 Å². The van der Waals surface area contributed by atoms with Crippen molar-refractivity contribution in [3.63, 3.8) is 0 Å². The third kappa shape index (κ3) is 6.62. The van der Waals surface area contributed by atoms with Crippen molar-refractivity contribution in [2.24, 2.45) is 5.10 Å². The first kappa shape index (κ1) is 19.1. The largest absolute Gasteiger partial charge is 0.416 e. The molecule has 132 valence electrons. The molecule has 0 atom stereocenters. The zero-order valence-corrected chi connectivity index (χ0v) is 14.3. The molecule has 0 aliphatic rings. The number of benzene rings is 2. The highest BCUT2D eigenvalue weighted by atomic mass is 32.2. The fraction of sp³-hybridized carbons (Fsp3) is 0.222. The molecule has 2 rings (SSSR count). The number of nitrogens with zero attached hydrogens (tertiary/aromatic N) is 1. The number of nitrogens with one attached hydrogen (secondary N) is 1. The normalized spacial score (nSPS) is 11.7. The van der Waals surface area contributed by atoms with E-state index >= 15 is 0 Å². The molecule has 2 aromatic carbocycles. The van der Waals surface area contributed by atoms with Crippen molar-refractivity contribution in [1.82, 2.24) is 5.43 Å². The Hall–Kier alpha value is -2.28. The van der Waals surface area contributed by atoms with E-state index in [1.165, 1.54) is 23.9 Å². The molecule has 0 heterocycles. The van der Waals surface area contributed by atoms with Crippen LogP contribution in [-0.2, 0) is 11.0 Å². The highest BCUT2D eigenvalue weighted by Gasteiger charge is 2.30. The molecule has 7 heteroatoms. The summed E-state index contributed by atoms with van der Waals surface area (Å²) in [7, 11) is 0. The number of hydrogen-bond donors (Lipinski definition) is 1. The Morgan fingerprint density at radius 1 is 1.20 bits per heavy atom. The first-order valence-corrected chi connectivity index (χ1v) is 8.52. The molecule has 0 aliphatic heterocycles. The molecule has 0 fully saturated rings. The zero-order valence-electron chi connectivity index (χ0n) is 13.5. The quantitative estimate of drug-likeness (QED) is 0.459. The number of carbonyl (C=O) groups is 1. The molecule has 0 saturated heterocycles. The maximum atomic E-state index is 12.6. The van der Waals surface area contributed by atoms with Gasteiger partial charge in [-0.2, -0.15) is 18.3 Å². The number of carbonyl (C=O) groups excluding carboxylic acids is 1. The summed E-state index contributed by atoms with van der Waals surface area (Å²) in [5, 5.41) is 3.70. The number of hydrogen-bond acceptors (Lipinski definition) is 3. The van der Waals surface area contributed by atoms with Crippen LogP contribution >= 0.6 is 11.8 Å². The molecule has 0 unspecified atom stereocenters. The zero-order chi connectivity index (χ0) is 18.3. The summed E-state index contributed by atoms with van der Waals surface area (Å²) >= 11 is 1.55. The minimum Gasteiger partial charge on any atom is -0.273 e. The van der Waals surface area contributed by atoms with Gasteiger partial charge in [0.15, 0.2) is 0 Å². The van der Waals surface area contributed by atoms with Gasteiger partial charge in [0.25, 0.3) is 0 Å². The third-order valence-electron chi connectivity index (χ3n) is 3.24. The summed E-state index contributed by atoms with van der Waals surface area (Å²) in [5.74, 6) is 0.302. The van der Waals surface area contributed by atoms with Gasteiger partial charge < -0.3 is 0 Å².